The highest BCUT2D eigenvalue weighted by Gasteiger charge is 2.11. The zero-order chi connectivity index (χ0) is 12.4. The fraction of sp³-hybridized carbons (Fsp3) is 0.154. The number of aryl methyl sites for hydroxylation is 1. The smallest absolute Gasteiger partial charge is 0.131 e. The van der Waals surface area contributed by atoms with Gasteiger partial charge < -0.3 is 10.3 Å². The van der Waals surface area contributed by atoms with Gasteiger partial charge in [-0.3, -0.25) is 0 Å². The summed E-state index contributed by atoms with van der Waals surface area (Å²) in [4.78, 5) is 4.26. The topological polar surface area (TPSA) is 43.8 Å². The van der Waals surface area contributed by atoms with Crippen LogP contribution in [0.1, 0.15) is 5.56 Å². The van der Waals surface area contributed by atoms with Gasteiger partial charge in [0.15, 0.2) is 0 Å². The van der Waals surface area contributed by atoms with E-state index in [2.05, 4.69) is 11.6 Å². The predicted octanol–water partition coefficient (Wildman–Crippen LogP) is 2.77. The highest BCUT2D eigenvalue weighted by Crippen LogP contribution is 2.27. The van der Waals surface area contributed by atoms with E-state index in [-0.39, 0.29) is 5.82 Å². The molecule has 0 radical (unpaired) electrons. The minimum atomic E-state index is -0.254. The van der Waals surface area contributed by atoms with Gasteiger partial charge in [-0.05, 0) is 30.7 Å². The number of nitrogens with zero attached hydrogens (tertiary/aromatic N) is 2. The van der Waals surface area contributed by atoms with Crippen LogP contribution in [0.5, 0.6) is 0 Å². The molecular formula is C13H14FN3. The average Bonchev–Trinajstić information content (AvgIpc) is 2.62. The maximum Gasteiger partial charge on any atom is 0.131 e. The lowest BCUT2D eigenvalue weighted by molar-refractivity contribution is 0.627. The van der Waals surface area contributed by atoms with Crippen molar-refractivity contribution in [2.75, 3.05) is 5.73 Å². The zero-order valence-electron chi connectivity index (χ0n) is 9.65. The van der Waals surface area contributed by atoms with Gasteiger partial charge in [0, 0.05) is 12.1 Å². The number of hydrogen-bond donors (Lipinski definition) is 1. The SMILES string of the molecule is C=CCn1cnc(-c2ccc(F)cc2C)c1N. The van der Waals surface area contributed by atoms with E-state index in [0.717, 1.165) is 11.1 Å². The summed E-state index contributed by atoms with van der Waals surface area (Å²) in [5.41, 5.74) is 8.35. The minimum Gasteiger partial charge on any atom is -0.383 e. The van der Waals surface area contributed by atoms with Crippen molar-refractivity contribution in [2.24, 2.45) is 0 Å². The molecular weight excluding hydrogens is 217 g/mol. The summed E-state index contributed by atoms with van der Waals surface area (Å²) in [6.45, 7) is 6.10. The van der Waals surface area contributed by atoms with Crippen LogP contribution in [-0.4, -0.2) is 9.55 Å². The summed E-state index contributed by atoms with van der Waals surface area (Å²) in [6, 6.07) is 4.58. The van der Waals surface area contributed by atoms with E-state index in [4.69, 9.17) is 5.73 Å². The van der Waals surface area contributed by atoms with Crippen LogP contribution in [0.15, 0.2) is 37.2 Å². The van der Waals surface area contributed by atoms with Gasteiger partial charge in [-0.1, -0.05) is 6.08 Å². The summed E-state index contributed by atoms with van der Waals surface area (Å²) in [5.74, 6) is 0.315. The Morgan fingerprint density at radius 3 is 2.94 bits per heavy atom. The Morgan fingerprint density at radius 2 is 2.29 bits per heavy atom. The van der Waals surface area contributed by atoms with Crippen LogP contribution in [0.25, 0.3) is 11.3 Å². The van der Waals surface area contributed by atoms with Gasteiger partial charge >= 0.3 is 0 Å². The lowest BCUT2D eigenvalue weighted by Crippen LogP contribution is -2.00. The fourth-order valence-electron chi connectivity index (χ4n) is 1.78. The van der Waals surface area contributed by atoms with Crippen molar-refractivity contribution < 1.29 is 4.39 Å². The molecule has 1 aromatic carbocycles. The van der Waals surface area contributed by atoms with Crippen molar-refractivity contribution in [3.05, 3.63) is 48.6 Å². The summed E-state index contributed by atoms with van der Waals surface area (Å²) in [6.07, 6.45) is 3.41. The average molecular weight is 231 g/mol. The summed E-state index contributed by atoms with van der Waals surface area (Å²) < 4.78 is 14.8. The molecule has 0 saturated carbocycles. The molecule has 0 aliphatic rings. The monoisotopic (exact) mass is 231 g/mol. The van der Waals surface area contributed by atoms with Gasteiger partial charge in [0.25, 0.3) is 0 Å². The Labute approximate surface area is 99.4 Å². The molecule has 0 spiro atoms. The predicted molar refractivity (Wildman–Crippen MR) is 67.0 cm³/mol. The van der Waals surface area contributed by atoms with Crippen LogP contribution in [0.3, 0.4) is 0 Å². The number of benzene rings is 1. The van der Waals surface area contributed by atoms with Crippen molar-refractivity contribution in [1.29, 1.82) is 0 Å². The molecule has 0 atom stereocenters. The molecule has 3 nitrogen and oxygen atoms in total. The van der Waals surface area contributed by atoms with Crippen LogP contribution < -0.4 is 5.73 Å². The number of nitrogens with two attached hydrogens (primary N) is 1. The Morgan fingerprint density at radius 1 is 1.53 bits per heavy atom. The lowest BCUT2D eigenvalue weighted by atomic mass is 10.1. The van der Waals surface area contributed by atoms with E-state index in [1.807, 2.05) is 6.92 Å². The molecule has 88 valence electrons. The van der Waals surface area contributed by atoms with Crippen LogP contribution >= 0.6 is 0 Å². The van der Waals surface area contributed by atoms with Gasteiger partial charge in [-0.2, -0.15) is 0 Å². The normalized spacial score (nSPS) is 10.5. The van der Waals surface area contributed by atoms with Crippen molar-refractivity contribution in [1.82, 2.24) is 9.55 Å². The van der Waals surface area contributed by atoms with Crippen LogP contribution in [0.2, 0.25) is 0 Å². The number of rotatable bonds is 3. The number of imidazole rings is 1. The van der Waals surface area contributed by atoms with Crippen LogP contribution in [0.4, 0.5) is 10.2 Å². The van der Waals surface area contributed by atoms with Crippen molar-refractivity contribution in [3.63, 3.8) is 0 Å². The fourth-order valence-corrected chi connectivity index (χ4v) is 1.78. The van der Waals surface area contributed by atoms with Gasteiger partial charge in [-0.15, -0.1) is 6.58 Å². The molecule has 0 saturated heterocycles. The molecule has 0 amide bonds. The highest BCUT2D eigenvalue weighted by molar-refractivity contribution is 5.73. The number of halogens is 1. The molecule has 0 aliphatic carbocycles. The first-order chi connectivity index (χ1) is 8.13. The first kappa shape index (κ1) is 11.4. The van der Waals surface area contributed by atoms with Gasteiger partial charge in [-0.25, -0.2) is 9.37 Å². The number of nitrogen functional groups attached to an aromatic ring is 1. The number of aromatic nitrogens is 2. The van der Waals surface area contributed by atoms with Crippen molar-refractivity contribution in [3.8, 4) is 11.3 Å². The van der Waals surface area contributed by atoms with Gasteiger partial charge in [0.1, 0.15) is 17.3 Å². The minimum absolute atomic E-state index is 0.254. The molecule has 0 aliphatic heterocycles. The van der Waals surface area contributed by atoms with Gasteiger partial charge in [0.05, 0.1) is 6.33 Å². The molecule has 17 heavy (non-hydrogen) atoms. The molecule has 0 fully saturated rings. The molecule has 0 bridgehead atoms. The second-order valence-electron chi connectivity index (χ2n) is 3.88. The van der Waals surface area contributed by atoms with E-state index in [1.54, 1.807) is 23.0 Å². The summed E-state index contributed by atoms with van der Waals surface area (Å²) in [5, 5.41) is 0. The maximum atomic E-state index is 13.0. The Bertz CT molecular complexity index is 558. The zero-order valence-corrected chi connectivity index (χ0v) is 9.65. The summed E-state index contributed by atoms with van der Waals surface area (Å²) >= 11 is 0. The standard InChI is InChI=1S/C13H14FN3/c1-3-6-17-8-16-12(13(17)15)11-5-4-10(14)7-9(11)2/h3-5,7-8H,1,6,15H2,2H3. The highest BCUT2D eigenvalue weighted by atomic mass is 19.1. The molecule has 1 heterocycles. The van der Waals surface area contributed by atoms with Crippen LogP contribution in [-0.2, 0) is 6.54 Å². The molecule has 4 heteroatoms. The largest absolute Gasteiger partial charge is 0.383 e. The third-order valence-corrected chi connectivity index (χ3v) is 2.65. The molecule has 2 aromatic rings. The van der Waals surface area contributed by atoms with Gasteiger partial charge in [0.2, 0.25) is 0 Å². The van der Waals surface area contributed by atoms with E-state index in [9.17, 15) is 4.39 Å². The Balaban J connectivity index is 2.49. The number of anilines is 1. The first-order valence-corrected chi connectivity index (χ1v) is 5.31. The Kier molecular flexibility index (Phi) is 2.95. The van der Waals surface area contributed by atoms with E-state index >= 15 is 0 Å². The third kappa shape index (κ3) is 2.06. The second kappa shape index (κ2) is 4.41. The van der Waals surface area contributed by atoms with E-state index in [0.29, 0.717) is 18.1 Å². The molecule has 2 rings (SSSR count). The quantitative estimate of drug-likeness (QED) is 0.825. The molecule has 0 unspecified atom stereocenters. The number of allylic oxidation sites excluding steroid dienone is 1. The Hall–Kier alpha value is -2.10. The van der Waals surface area contributed by atoms with Crippen LogP contribution in [0, 0.1) is 12.7 Å². The van der Waals surface area contributed by atoms with Crippen molar-refractivity contribution in [2.45, 2.75) is 13.5 Å². The summed E-state index contributed by atoms with van der Waals surface area (Å²) in [7, 11) is 0. The molecule has 2 N–H and O–H groups in total. The molecule has 1 aromatic heterocycles. The van der Waals surface area contributed by atoms with Crippen molar-refractivity contribution >= 4 is 5.82 Å². The third-order valence-electron chi connectivity index (χ3n) is 2.65. The number of hydrogen-bond acceptors (Lipinski definition) is 2. The van der Waals surface area contributed by atoms with E-state index < -0.39 is 0 Å². The van der Waals surface area contributed by atoms with E-state index in [1.165, 1.54) is 12.1 Å². The second-order valence-corrected chi connectivity index (χ2v) is 3.88. The maximum absolute atomic E-state index is 13.0. The first-order valence-electron chi connectivity index (χ1n) is 5.31. The lowest BCUT2D eigenvalue weighted by Gasteiger charge is -2.05.